The summed E-state index contributed by atoms with van der Waals surface area (Å²) in [7, 11) is 0. The molecule has 0 radical (unpaired) electrons. The molecule has 0 saturated heterocycles. The van der Waals surface area contributed by atoms with Crippen LogP contribution in [-0.2, 0) is 27.2 Å². The Morgan fingerprint density at radius 3 is 2.30 bits per heavy atom. The lowest BCUT2D eigenvalue weighted by Gasteiger charge is -2.27. The predicted molar refractivity (Wildman–Crippen MR) is 149 cm³/mol. The quantitative estimate of drug-likeness (QED) is 0.129. The number of carboxylic acid groups (broad SMARTS) is 1. The molecule has 194 valence electrons. The summed E-state index contributed by atoms with van der Waals surface area (Å²) in [4.78, 5) is 34.9. The van der Waals surface area contributed by atoms with Crippen LogP contribution in [0, 0.1) is 5.41 Å². The van der Waals surface area contributed by atoms with E-state index in [0.29, 0.717) is 16.8 Å². The van der Waals surface area contributed by atoms with Crippen molar-refractivity contribution >= 4 is 45.7 Å². The average Bonchev–Trinajstić information content (AvgIpc) is 2.86. The predicted octanol–water partition coefficient (Wildman–Crippen LogP) is 4.47. The van der Waals surface area contributed by atoms with E-state index in [1.807, 2.05) is 24.3 Å². The number of rotatable bonds is 6. The Labute approximate surface area is 224 Å². The Hall–Kier alpha value is -3.98. The lowest BCUT2D eigenvalue weighted by atomic mass is 9.87. The van der Waals surface area contributed by atoms with Gasteiger partial charge in [0.15, 0.2) is 0 Å². The number of hydrogen-bond donors (Lipinski definition) is 5. The molecule has 0 bridgehead atoms. The molecule has 37 heavy (non-hydrogen) atoms. The number of benzene rings is 3. The molecule has 0 fully saturated rings. The first-order valence-electron chi connectivity index (χ1n) is 11.3. The molecule has 2 amide bonds. The maximum atomic E-state index is 13.3. The second kappa shape index (κ2) is 13.9. The molecule has 3 aromatic carbocycles. The van der Waals surface area contributed by atoms with Crippen LogP contribution in [0.25, 0.3) is 0 Å². The van der Waals surface area contributed by atoms with Gasteiger partial charge >= 0.3 is 0 Å². The number of amides is 2. The van der Waals surface area contributed by atoms with Crippen LogP contribution in [0.15, 0.2) is 77.3 Å². The van der Waals surface area contributed by atoms with Gasteiger partial charge in [-0.25, -0.2) is 0 Å². The monoisotopic (exact) mass is 566 g/mol. The molecule has 0 aliphatic heterocycles. The number of aryl methyl sites for hydroxylation is 1. The van der Waals surface area contributed by atoms with Crippen LogP contribution >= 0.6 is 15.9 Å². The molecule has 4 rings (SSSR count). The second-order valence-electron chi connectivity index (χ2n) is 8.29. The fourth-order valence-electron chi connectivity index (χ4n) is 4.15. The van der Waals surface area contributed by atoms with Crippen molar-refractivity contribution in [2.24, 2.45) is 5.73 Å². The number of nitrogen functional groups attached to an aromatic ring is 1. The average molecular weight is 567 g/mol. The van der Waals surface area contributed by atoms with Gasteiger partial charge in [-0.15, -0.1) is 0 Å². The first-order chi connectivity index (χ1) is 17.3. The number of nitrogens with two attached hydrogens (primary N) is 1. The van der Waals surface area contributed by atoms with E-state index in [2.05, 4.69) is 38.7 Å². The Bertz CT molecular complexity index is 1230. The number of carbonyl (C=O) groups is 3. The summed E-state index contributed by atoms with van der Waals surface area (Å²) in [6.07, 6.45) is 2.44. The molecule has 9 heteroatoms. The molecule has 3 aromatic rings. The van der Waals surface area contributed by atoms with E-state index in [1.54, 1.807) is 36.4 Å². The number of anilines is 1. The summed E-state index contributed by atoms with van der Waals surface area (Å²) >= 11 is 3.51. The Balaban J connectivity index is 0.00000115. The molecule has 1 unspecified atom stereocenters. The molecule has 0 saturated carbocycles. The zero-order chi connectivity index (χ0) is 26.1. The van der Waals surface area contributed by atoms with Crippen molar-refractivity contribution in [2.75, 3.05) is 5.32 Å². The van der Waals surface area contributed by atoms with Crippen molar-refractivity contribution < 1.29 is 19.5 Å². The normalized spacial score (nSPS) is 14.4. The van der Waals surface area contributed by atoms with Gasteiger partial charge in [-0.05, 0) is 72.4 Å². The summed E-state index contributed by atoms with van der Waals surface area (Å²) in [5.41, 5.74) is 9.75. The van der Waals surface area contributed by atoms with E-state index in [-0.39, 0.29) is 31.7 Å². The minimum Gasteiger partial charge on any atom is -0.483 e. The van der Waals surface area contributed by atoms with Gasteiger partial charge < -0.3 is 21.5 Å². The van der Waals surface area contributed by atoms with Crippen LogP contribution in [-0.4, -0.2) is 35.3 Å². The minimum atomic E-state index is -0.981. The van der Waals surface area contributed by atoms with Crippen LogP contribution in [0.5, 0.6) is 0 Å². The van der Waals surface area contributed by atoms with Gasteiger partial charge in [0.2, 0.25) is 11.8 Å². The summed E-state index contributed by atoms with van der Waals surface area (Å²) in [5, 5.41) is 20.3. The molecule has 0 heterocycles. The van der Waals surface area contributed by atoms with Gasteiger partial charge in [0.25, 0.3) is 6.47 Å². The standard InChI is InChI=1S/C26H25BrN4O2.CH2O2.CH4/c27-20-10-6-19-15-22(13-9-18(19)14-20)31-26(33)23(16-4-2-1-3-5-16)25(32)30-21-11-7-17(8-12-21)24(28)29;2-1-3;/h1-8,10-12,14,22-23H,9,13,15H2,(H3,28,29)(H,30,32)(H,31,33);1H,(H,2,3);1H4/t22-,23?;;/m0../s1. The molecule has 6 N–H and O–H groups in total. The smallest absolute Gasteiger partial charge is 0.290 e. The number of fused-ring (bicyclic) bond motifs is 1. The van der Waals surface area contributed by atoms with E-state index in [9.17, 15) is 9.59 Å². The second-order valence-corrected chi connectivity index (χ2v) is 9.21. The van der Waals surface area contributed by atoms with Crippen LogP contribution in [0.4, 0.5) is 5.69 Å². The third-order valence-corrected chi connectivity index (χ3v) is 6.36. The topological polar surface area (TPSA) is 145 Å². The van der Waals surface area contributed by atoms with Crippen molar-refractivity contribution in [1.29, 1.82) is 5.41 Å². The largest absolute Gasteiger partial charge is 0.483 e. The maximum Gasteiger partial charge on any atom is 0.290 e. The van der Waals surface area contributed by atoms with Crippen molar-refractivity contribution in [3.63, 3.8) is 0 Å². The lowest BCUT2D eigenvalue weighted by molar-refractivity contribution is -0.129. The first-order valence-corrected chi connectivity index (χ1v) is 12.1. The number of halogens is 1. The number of nitrogens with one attached hydrogen (secondary N) is 3. The zero-order valence-corrected chi connectivity index (χ0v) is 21.0. The number of amidine groups is 1. The van der Waals surface area contributed by atoms with Gasteiger partial charge in [0.05, 0.1) is 0 Å². The van der Waals surface area contributed by atoms with Crippen molar-refractivity contribution in [3.8, 4) is 0 Å². The van der Waals surface area contributed by atoms with Crippen molar-refractivity contribution in [3.05, 3.63) is 99.5 Å². The Kier molecular flexibility index (Phi) is 11.0. The fraction of sp³-hybridized carbons (Fsp3) is 0.214. The maximum absolute atomic E-state index is 13.3. The first kappa shape index (κ1) is 29.3. The highest BCUT2D eigenvalue weighted by atomic mass is 79.9. The van der Waals surface area contributed by atoms with Gasteiger partial charge in [-0.1, -0.05) is 59.8 Å². The van der Waals surface area contributed by atoms with Crippen molar-refractivity contribution in [2.45, 2.75) is 38.6 Å². The summed E-state index contributed by atoms with van der Waals surface area (Å²) in [5.74, 6) is -1.75. The van der Waals surface area contributed by atoms with Gasteiger partial charge in [-0.2, -0.15) is 0 Å². The van der Waals surface area contributed by atoms with Crippen LogP contribution in [0.1, 0.15) is 42.0 Å². The number of carbonyl (C=O) groups excluding carboxylic acids is 2. The molecule has 1 aliphatic rings. The van der Waals surface area contributed by atoms with Gasteiger partial charge in [0, 0.05) is 21.8 Å². The highest BCUT2D eigenvalue weighted by molar-refractivity contribution is 9.10. The van der Waals surface area contributed by atoms with Crippen LogP contribution in [0.2, 0.25) is 0 Å². The molecule has 0 spiro atoms. The van der Waals surface area contributed by atoms with E-state index in [4.69, 9.17) is 21.0 Å². The summed E-state index contributed by atoms with van der Waals surface area (Å²) in [6.45, 7) is -0.250. The Morgan fingerprint density at radius 2 is 1.68 bits per heavy atom. The SMILES string of the molecule is C.N=C(N)c1ccc(NC(=O)C(C(=O)N[C@H]2CCc3cc(Br)ccc3C2)c2ccccc2)cc1.O=CO. The van der Waals surface area contributed by atoms with Crippen LogP contribution in [0.3, 0.4) is 0 Å². The molecular formula is C28H31BrN4O4. The van der Waals surface area contributed by atoms with Gasteiger partial charge in [0.1, 0.15) is 11.8 Å². The number of hydrogen-bond acceptors (Lipinski definition) is 4. The summed E-state index contributed by atoms with van der Waals surface area (Å²) in [6, 6.07) is 21.9. The zero-order valence-electron chi connectivity index (χ0n) is 19.4. The van der Waals surface area contributed by atoms with Crippen LogP contribution < -0.4 is 16.4 Å². The summed E-state index contributed by atoms with van der Waals surface area (Å²) < 4.78 is 1.06. The lowest BCUT2D eigenvalue weighted by Crippen LogP contribution is -2.44. The molecule has 0 aromatic heterocycles. The highest BCUT2D eigenvalue weighted by Gasteiger charge is 2.31. The fourth-order valence-corrected chi connectivity index (χ4v) is 4.55. The highest BCUT2D eigenvalue weighted by Crippen LogP contribution is 2.26. The van der Waals surface area contributed by atoms with E-state index < -0.39 is 11.8 Å². The van der Waals surface area contributed by atoms with Gasteiger partial charge in [-0.3, -0.25) is 19.8 Å². The molecular weight excluding hydrogens is 536 g/mol. The van der Waals surface area contributed by atoms with E-state index >= 15 is 0 Å². The Morgan fingerprint density at radius 1 is 1.03 bits per heavy atom. The van der Waals surface area contributed by atoms with E-state index in [0.717, 1.165) is 23.7 Å². The third kappa shape index (κ3) is 8.01. The molecule has 8 nitrogen and oxygen atoms in total. The minimum absolute atomic E-state index is 0. The van der Waals surface area contributed by atoms with Crippen molar-refractivity contribution in [1.82, 2.24) is 5.32 Å². The molecule has 1 aliphatic carbocycles. The molecule has 2 atom stereocenters. The van der Waals surface area contributed by atoms with E-state index in [1.165, 1.54) is 11.1 Å². The third-order valence-electron chi connectivity index (χ3n) is 5.86.